The van der Waals surface area contributed by atoms with Gasteiger partial charge in [0.05, 0.1) is 13.1 Å². The number of rotatable bonds is 4. The molecule has 0 aliphatic carbocycles. The standard InChI is InChI=1S/C13H12FN3O/c1-3-6-15-8-12-16-13(17-18-12)11-5-4-10(14)7-9(11)2/h1,4-5,7,15H,6,8H2,2H3. The number of nitrogens with zero attached hydrogens (tertiary/aromatic N) is 2. The van der Waals surface area contributed by atoms with Crippen molar-refractivity contribution in [2.24, 2.45) is 0 Å². The predicted octanol–water partition coefficient (Wildman–Crippen LogP) is 1.91. The molecule has 0 amide bonds. The highest BCUT2D eigenvalue weighted by Crippen LogP contribution is 2.21. The quantitative estimate of drug-likeness (QED) is 0.660. The van der Waals surface area contributed by atoms with Crippen molar-refractivity contribution in [3.63, 3.8) is 0 Å². The second-order valence-electron chi connectivity index (χ2n) is 3.78. The van der Waals surface area contributed by atoms with E-state index < -0.39 is 0 Å². The first-order valence-corrected chi connectivity index (χ1v) is 5.44. The van der Waals surface area contributed by atoms with Crippen LogP contribution in [0.3, 0.4) is 0 Å². The molecule has 0 atom stereocenters. The van der Waals surface area contributed by atoms with Crippen molar-refractivity contribution in [2.75, 3.05) is 6.54 Å². The van der Waals surface area contributed by atoms with Crippen LogP contribution in [0.4, 0.5) is 4.39 Å². The van der Waals surface area contributed by atoms with E-state index in [-0.39, 0.29) is 5.82 Å². The van der Waals surface area contributed by atoms with Crippen molar-refractivity contribution in [3.8, 4) is 23.7 Å². The van der Waals surface area contributed by atoms with E-state index in [9.17, 15) is 4.39 Å². The SMILES string of the molecule is C#CCNCc1nc(-c2ccc(F)cc2C)no1. The van der Waals surface area contributed by atoms with Gasteiger partial charge in [0.1, 0.15) is 5.82 Å². The van der Waals surface area contributed by atoms with Gasteiger partial charge in [-0.3, -0.25) is 5.32 Å². The molecule has 0 saturated heterocycles. The highest BCUT2D eigenvalue weighted by Gasteiger charge is 2.10. The van der Waals surface area contributed by atoms with Crippen LogP contribution in [0.2, 0.25) is 0 Å². The third-order valence-electron chi connectivity index (χ3n) is 2.40. The van der Waals surface area contributed by atoms with Crippen LogP contribution in [0.1, 0.15) is 11.5 Å². The highest BCUT2D eigenvalue weighted by molar-refractivity contribution is 5.59. The predicted molar refractivity (Wildman–Crippen MR) is 65.0 cm³/mol. The second kappa shape index (κ2) is 5.43. The van der Waals surface area contributed by atoms with Gasteiger partial charge in [0.25, 0.3) is 0 Å². The Kier molecular flexibility index (Phi) is 3.70. The maximum atomic E-state index is 13.0. The molecule has 18 heavy (non-hydrogen) atoms. The Morgan fingerprint density at radius 1 is 1.50 bits per heavy atom. The summed E-state index contributed by atoms with van der Waals surface area (Å²) in [6.45, 7) is 2.65. The fourth-order valence-corrected chi connectivity index (χ4v) is 1.56. The van der Waals surface area contributed by atoms with Crippen molar-refractivity contribution in [1.29, 1.82) is 0 Å². The second-order valence-corrected chi connectivity index (χ2v) is 3.78. The van der Waals surface area contributed by atoms with Gasteiger partial charge in [0.15, 0.2) is 0 Å². The number of terminal acetylenes is 1. The first-order valence-electron chi connectivity index (χ1n) is 5.44. The van der Waals surface area contributed by atoms with Crippen molar-refractivity contribution < 1.29 is 8.91 Å². The van der Waals surface area contributed by atoms with Gasteiger partial charge in [-0.05, 0) is 30.7 Å². The van der Waals surface area contributed by atoms with Crippen LogP contribution in [0, 0.1) is 25.1 Å². The maximum absolute atomic E-state index is 13.0. The fraction of sp³-hybridized carbons (Fsp3) is 0.231. The highest BCUT2D eigenvalue weighted by atomic mass is 19.1. The summed E-state index contributed by atoms with van der Waals surface area (Å²) in [6.07, 6.45) is 5.11. The van der Waals surface area contributed by atoms with Crippen LogP contribution in [-0.2, 0) is 6.54 Å². The van der Waals surface area contributed by atoms with Crippen LogP contribution in [0.5, 0.6) is 0 Å². The summed E-state index contributed by atoms with van der Waals surface area (Å²) in [5, 5.41) is 6.80. The van der Waals surface area contributed by atoms with Crippen molar-refractivity contribution in [1.82, 2.24) is 15.5 Å². The van der Waals surface area contributed by atoms with Crippen molar-refractivity contribution in [3.05, 3.63) is 35.5 Å². The third kappa shape index (κ3) is 2.73. The number of aromatic nitrogens is 2. The molecule has 0 spiro atoms. The van der Waals surface area contributed by atoms with Gasteiger partial charge in [-0.2, -0.15) is 4.98 Å². The molecule has 5 heteroatoms. The Hall–Kier alpha value is -2.19. The lowest BCUT2D eigenvalue weighted by molar-refractivity contribution is 0.370. The molecule has 1 heterocycles. The molecule has 4 nitrogen and oxygen atoms in total. The molecule has 0 aliphatic rings. The molecule has 0 bridgehead atoms. The van der Waals surface area contributed by atoms with E-state index in [0.29, 0.717) is 24.8 Å². The van der Waals surface area contributed by atoms with Gasteiger partial charge in [-0.25, -0.2) is 4.39 Å². The minimum Gasteiger partial charge on any atom is -0.338 e. The topological polar surface area (TPSA) is 51.0 Å². The molecular formula is C13H12FN3O. The Labute approximate surface area is 104 Å². The average Bonchev–Trinajstić information content (AvgIpc) is 2.78. The molecule has 1 N–H and O–H groups in total. The van der Waals surface area contributed by atoms with Gasteiger partial charge in [-0.1, -0.05) is 11.1 Å². The number of hydrogen-bond acceptors (Lipinski definition) is 4. The van der Waals surface area contributed by atoms with E-state index in [2.05, 4.69) is 21.4 Å². The molecule has 0 radical (unpaired) electrons. The molecular weight excluding hydrogens is 233 g/mol. The summed E-state index contributed by atoms with van der Waals surface area (Å²) < 4.78 is 18.0. The Morgan fingerprint density at radius 2 is 2.33 bits per heavy atom. The molecule has 0 fully saturated rings. The van der Waals surface area contributed by atoms with E-state index in [1.165, 1.54) is 12.1 Å². The summed E-state index contributed by atoms with van der Waals surface area (Å²) >= 11 is 0. The first kappa shape index (κ1) is 12.3. The Morgan fingerprint density at radius 3 is 3.06 bits per heavy atom. The molecule has 0 unspecified atom stereocenters. The van der Waals surface area contributed by atoms with Crippen LogP contribution < -0.4 is 5.32 Å². The lowest BCUT2D eigenvalue weighted by atomic mass is 10.1. The molecule has 2 rings (SSSR count). The van der Waals surface area contributed by atoms with Crippen molar-refractivity contribution >= 4 is 0 Å². The molecule has 2 aromatic rings. The Balaban J connectivity index is 2.16. The Bertz CT molecular complexity index is 586. The zero-order valence-electron chi connectivity index (χ0n) is 9.90. The third-order valence-corrected chi connectivity index (χ3v) is 2.40. The van der Waals surface area contributed by atoms with E-state index in [1.54, 1.807) is 13.0 Å². The molecule has 92 valence electrons. The monoisotopic (exact) mass is 245 g/mol. The van der Waals surface area contributed by atoms with E-state index in [0.717, 1.165) is 11.1 Å². The lowest BCUT2D eigenvalue weighted by Crippen LogP contribution is -2.13. The smallest absolute Gasteiger partial charge is 0.240 e. The fourth-order valence-electron chi connectivity index (χ4n) is 1.56. The number of halogens is 1. The van der Waals surface area contributed by atoms with Gasteiger partial charge in [-0.15, -0.1) is 6.42 Å². The van der Waals surface area contributed by atoms with Gasteiger partial charge >= 0.3 is 0 Å². The summed E-state index contributed by atoms with van der Waals surface area (Å²) in [6, 6.07) is 4.44. The minimum absolute atomic E-state index is 0.282. The largest absolute Gasteiger partial charge is 0.338 e. The zero-order valence-corrected chi connectivity index (χ0v) is 9.90. The van der Waals surface area contributed by atoms with E-state index >= 15 is 0 Å². The van der Waals surface area contributed by atoms with E-state index in [1.807, 2.05) is 0 Å². The lowest BCUT2D eigenvalue weighted by Gasteiger charge is -1.99. The van der Waals surface area contributed by atoms with Crippen LogP contribution >= 0.6 is 0 Å². The van der Waals surface area contributed by atoms with Gasteiger partial charge < -0.3 is 4.52 Å². The summed E-state index contributed by atoms with van der Waals surface area (Å²) in [7, 11) is 0. The summed E-state index contributed by atoms with van der Waals surface area (Å²) in [5.74, 6) is 3.06. The average molecular weight is 245 g/mol. The number of nitrogens with one attached hydrogen (secondary N) is 1. The molecule has 1 aromatic carbocycles. The summed E-state index contributed by atoms with van der Waals surface area (Å²) in [4.78, 5) is 4.21. The number of hydrogen-bond donors (Lipinski definition) is 1. The first-order chi connectivity index (χ1) is 8.70. The van der Waals surface area contributed by atoms with Crippen LogP contribution in [0.15, 0.2) is 22.7 Å². The zero-order chi connectivity index (χ0) is 13.0. The minimum atomic E-state index is -0.282. The number of benzene rings is 1. The normalized spacial score (nSPS) is 10.3. The van der Waals surface area contributed by atoms with Crippen molar-refractivity contribution in [2.45, 2.75) is 13.5 Å². The molecule has 0 aliphatic heterocycles. The van der Waals surface area contributed by atoms with Gasteiger partial charge in [0.2, 0.25) is 11.7 Å². The van der Waals surface area contributed by atoms with Crippen LogP contribution in [-0.4, -0.2) is 16.7 Å². The van der Waals surface area contributed by atoms with E-state index in [4.69, 9.17) is 10.9 Å². The summed E-state index contributed by atoms with van der Waals surface area (Å²) in [5.41, 5.74) is 1.52. The van der Waals surface area contributed by atoms with Gasteiger partial charge in [0, 0.05) is 5.56 Å². The maximum Gasteiger partial charge on any atom is 0.240 e. The number of aryl methyl sites for hydroxylation is 1. The molecule has 1 aromatic heterocycles. The van der Waals surface area contributed by atoms with Crippen LogP contribution in [0.25, 0.3) is 11.4 Å². The molecule has 0 saturated carbocycles.